The zero-order chi connectivity index (χ0) is 14.1. The largest absolute Gasteiger partial charge is 0.356 e. The van der Waals surface area contributed by atoms with Gasteiger partial charge in [0.2, 0.25) is 11.8 Å². The molecular formula is C15H28N2O2. The number of rotatable bonds is 7. The molecule has 1 atom stereocenters. The molecule has 0 radical (unpaired) electrons. The Kier molecular flexibility index (Phi) is 7.53. The molecule has 1 unspecified atom stereocenters. The number of nitrogens with zero attached hydrogens (tertiary/aromatic N) is 1. The molecule has 1 heterocycles. The van der Waals surface area contributed by atoms with E-state index in [1.54, 1.807) is 0 Å². The van der Waals surface area contributed by atoms with E-state index in [4.69, 9.17) is 0 Å². The van der Waals surface area contributed by atoms with Gasteiger partial charge < -0.3 is 10.2 Å². The zero-order valence-corrected chi connectivity index (χ0v) is 12.4. The molecule has 1 N–H and O–H groups in total. The van der Waals surface area contributed by atoms with E-state index in [2.05, 4.69) is 12.2 Å². The molecule has 4 heteroatoms. The number of carbonyl (C=O) groups excluding carboxylic acids is 2. The van der Waals surface area contributed by atoms with E-state index in [0.717, 1.165) is 51.6 Å². The lowest BCUT2D eigenvalue weighted by molar-refractivity contribution is -0.130. The molecule has 4 nitrogen and oxygen atoms in total. The maximum Gasteiger partial charge on any atom is 0.222 e. The van der Waals surface area contributed by atoms with Crippen LogP contribution < -0.4 is 5.32 Å². The van der Waals surface area contributed by atoms with Crippen LogP contribution in [-0.4, -0.2) is 36.3 Å². The minimum atomic E-state index is 0.102. The standard InChI is InChI=1S/C15H28N2O2/c1-3-8-13(2)15(19)16-10-7-12-17-11-6-4-5-9-14(17)18/h13H,3-12H2,1-2H3,(H,16,19). The fourth-order valence-electron chi connectivity index (χ4n) is 2.49. The van der Waals surface area contributed by atoms with Gasteiger partial charge in [0.15, 0.2) is 0 Å². The molecule has 1 aliphatic heterocycles. The van der Waals surface area contributed by atoms with Gasteiger partial charge in [0.1, 0.15) is 0 Å². The summed E-state index contributed by atoms with van der Waals surface area (Å²) in [6.45, 7) is 6.41. The molecule has 2 amide bonds. The van der Waals surface area contributed by atoms with E-state index in [1.807, 2.05) is 11.8 Å². The monoisotopic (exact) mass is 268 g/mol. The number of nitrogens with one attached hydrogen (secondary N) is 1. The second-order valence-electron chi connectivity index (χ2n) is 5.53. The predicted molar refractivity (Wildman–Crippen MR) is 76.7 cm³/mol. The first kappa shape index (κ1) is 16.0. The number of likely N-dealkylation sites (tertiary alicyclic amines) is 1. The van der Waals surface area contributed by atoms with Gasteiger partial charge in [-0.1, -0.05) is 26.7 Å². The Morgan fingerprint density at radius 1 is 1.37 bits per heavy atom. The van der Waals surface area contributed by atoms with Crippen LogP contribution in [0.1, 0.15) is 58.8 Å². The van der Waals surface area contributed by atoms with Crippen LogP contribution in [0.2, 0.25) is 0 Å². The Bertz CT molecular complexity index is 292. The number of amides is 2. The second kappa shape index (κ2) is 8.94. The Balaban J connectivity index is 2.15. The topological polar surface area (TPSA) is 49.4 Å². The van der Waals surface area contributed by atoms with Crippen molar-refractivity contribution >= 4 is 11.8 Å². The average molecular weight is 268 g/mol. The molecule has 1 rings (SSSR count). The van der Waals surface area contributed by atoms with Crippen molar-refractivity contribution in [2.75, 3.05) is 19.6 Å². The third-order valence-corrected chi connectivity index (χ3v) is 3.74. The molecule has 110 valence electrons. The van der Waals surface area contributed by atoms with Crippen molar-refractivity contribution in [2.45, 2.75) is 58.8 Å². The summed E-state index contributed by atoms with van der Waals surface area (Å²) < 4.78 is 0. The van der Waals surface area contributed by atoms with Crippen LogP contribution in [0.5, 0.6) is 0 Å². The van der Waals surface area contributed by atoms with Crippen LogP contribution in [0.4, 0.5) is 0 Å². The predicted octanol–water partition coefficient (Wildman–Crippen LogP) is 2.33. The van der Waals surface area contributed by atoms with Crippen LogP contribution in [0.15, 0.2) is 0 Å². The third kappa shape index (κ3) is 6.08. The molecule has 0 spiro atoms. The van der Waals surface area contributed by atoms with Gasteiger partial charge >= 0.3 is 0 Å². The van der Waals surface area contributed by atoms with Crippen molar-refractivity contribution in [2.24, 2.45) is 5.92 Å². The minimum Gasteiger partial charge on any atom is -0.356 e. The van der Waals surface area contributed by atoms with Crippen molar-refractivity contribution in [1.82, 2.24) is 10.2 Å². The van der Waals surface area contributed by atoms with Gasteiger partial charge in [-0.15, -0.1) is 0 Å². The average Bonchev–Trinajstić information content (AvgIpc) is 2.59. The van der Waals surface area contributed by atoms with Crippen LogP contribution >= 0.6 is 0 Å². The van der Waals surface area contributed by atoms with Gasteiger partial charge in [0, 0.05) is 32.0 Å². The molecule has 0 saturated carbocycles. The van der Waals surface area contributed by atoms with Gasteiger partial charge in [0.25, 0.3) is 0 Å². The molecule has 0 aliphatic carbocycles. The molecule has 1 saturated heterocycles. The van der Waals surface area contributed by atoms with Crippen LogP contribution in [-0.2, 0) is 9.59 Å². The molecule has 1 fully saturated rings. The maximum absolute atomic E-state index is 11.8. The number of hydrogen-bond donors (Lipinski definition) is 1. The van der Waals surface area contributed by atoms with Crippen molar-refractivity contribution in [3.8, 4) is 0 Å². The first-order valence-electron chi connectivity index (χ1n) is 7.70. The quantitative estimate of drug-likeness (QED) is 0.720. The van der Waals surface area contributed by atoms with Crippen molar-refractivity contribution < 1.29 is 9.59 Å². The highest BCUT2D eigenvalue weighted by molar-refractivity contribution is 5.78. The lowest BCUT2D eigenvalue weighted by atomic mass is 10.1. The van der Waals surface area contributed by atoms with Crippen molar-refractivity contribution in [3.05, 3.63) is 0 Å². The Morgan fingerprint density at radius 2 is 2.16 bits per heavy atom. The third-order valence-electron chi connectivity index (χ3n) is 3.74. The SMILES string of the molecule is CCCC(C)C(=O)NCCCN1CCCCCC1=O. The van der Waals surface area contributed by atoms with Crippen molar-refractivity contribution in [1.29, 1.82) is 0 Å². The Morgan fingerprint density at radius 3 is 2.89 bits per heavy atom. The molecular weight excluding hydrogens is 240 g/mol. The molecule has 19 heavy (non-hydrogen) atoms. The molecule has 0 bridgehead atoms. The van der Waals surface area contributed by atoms with E-state index in [-0.39, 0.29) is 17.7 Å². The Labute approximate surface area is 116 Å². The molecule has 0 aromatic heterocycles. The van der Waals surface area contributed by atoms with Crippen LogP contribution in [0.3, 0.4) is 0 Å². The smallest absolute Gasteiger partial charge is 0.222 e. The van der Waals surface area contributed by atoms with Gasteiger partial charge in [0.05, 0.1) is 0 Å². The second-order valence-corrected chi connectivity index (χ2v) is 5.53. The summed E-state index contributed by atoms with van der Waals surface area (Å²) in [5.41, 5.74) is 0. The Hall–Kier alpha value is -1.06. The summed E-state index contributed by atoms with van der Waals surface area (Å²) >= 11 is 0. The summed E-state index contributed by atoms with van der Waals surface area (Å²) in [5.74, 6) is 0.525. The van der Waals surface area contributed by atoms with Gasteiger partial charge in [-0.3, -0.25) is 9.59 Å². The summed E-state index contributed by atoms with van der Waals surface area (Å²) in [6, 6.07) is 0. The van der Waals surface area contributed by atoms with E-state index in [1.165, 1.54) is 0 Å². The van der Waals surface area contributed by atoms with E-state index in [9.17, 15) is 9.59 Å². The first-order chi connectivity index (χ1) is 9.15. The van der Waals surface area contributed by atoms with E-state index >= 15 is 0 Å². The fraction of sp³-hybridized carbons (Fsp3) is 0.867. The fourth-order valence-corrected chi connectivity index (χ4v) is 2.49. The molecule has 0 aromatic carbocycles. The molecule has 1 aliphatic rings. The maximum atomic E-state index is 11.8. The highest BCUT2D eigenvalue weighted by Gasteiger charge is 2.16. The summed E-state index contributed by atoms with van der Waals surface area (Å²) in [7, 11) is 0. The van der Waals surface area contributed by atoms with E-state index in [0.29, 0.717) is 13.0 Å². The summed E-state index contributed by atoms with van der Waals surface area (Å²) in [4.78, 5) is 25.4. The van der Waals surface area contributed by atoms with Gasteiger partial charge in [-0.05, 0) is 25.7 Å². The van der Waals surface area contributed by atoms with Gasteiger partial charge in [-0.25, -0.2) is 0 Å². The van der Waals surface area contributed by atoms with E-state index < -0.39 is 0 Å². The first-order valence-corrected chi connectivity index (χ1v) is 7.70. The lowest BCUT2D eigenvalue weighted by Crippen LogP contribution is -2.35. The normalized spacial score (nSPS) is 18.0. The summed E-state index contributed by atoms with van der Waals surface area (Å²) in [6.07, 6.45) is 6.84. The lowest BCUT2D eigenvalue weighted by Gasteiger charge is -2.20. The van der Waals surface area contributed by atoms with Crippen molar-refractivity contribution in [3.63, 3.8) is 0 Å². The minimum absolute atomic E-state index is 0.102. The van der Waals surface area contributed by atoms with Crippen LogP contribution in [0.25, 0.3) is 0 Å². The number of hydrogen-bond acceptors (Lipinski definition) is 2. The number of carbonyl (C=O) groups is 2. The summed E-state index contributed by atoms with van der Waals surface area (Å²) in [5, 5.41) is 2.96. The molecule has 0 aromatic rings. The highest BCUT2D eigenvalue weighted by Crippen LogP contribution is 2.11. The van der Waals surface area contributed by atoms with Crippen LogP contribution in [0, 0.1) is 5.92 Å². The highest BCUT2D eigenvalue weighted by atomic mass is 16.2. The van der Waals surface area contributed by atoms with Gasteiger partial charge in [-0.2, -0.15) is 0 Å². The zero-order valence-electron chi connectivity index (χ0n) is 12.4.